The molecular weight excluding hydrogens is 473 g/mol. The van der Waals surface area contributed by atoms with E-state index in [9.17, 15) is 22.8 Å². The molecule has 0 spiro atoms. The first-order valence-corrected chi connectivity index (χ1v) is 12.3. The van der Waals surface area contributed by atoms with Crippen LogP contribution in [0.1, 0.15) is 63.9 Å². The second kappa shape index (κ2) is 9.49. The van der Waals surface area contributed by atoms with E-state index in [1.165, 1.54) is 29.5 Å². The van der Waals surface area contributed by atoms with Gasteiger partial charge in [-0.15, -0.1) is 11.3 Å². The number of carbonyl (C=O) groups is 2. The first kappa shape index (κ1) is 25.0. The van der Waals surface area contributed by atoms with Gasteiger partial charge in [-0.3, -0.25) is 9.59 Å². The Balaban J connectivity index is 1.72. The Bertz CT molecular complexity index is 1240. The molecule has 0 saturated heterocycles. The summed E-state index contributed by atoms with van der Waals surface area (Å²) in [5, 5.41) is 5.67. The lowest BCUT2D eigenvalue weighted by Crippen LogP contribution is -2.27. The van der Waals surface area contributed by atoms with Crippen LogP contribution < -0.4 is 10.6 Å². The van der Waals surface area contributed by atoms with E-state index >= 15 is 0 Å². The number of hydrogen-bond acceptors (Lipinski definition) is 3. The van der Waals surface area contributed by atoms with Crippen molar-refractivity contribution in [1.82, 2.24) is 0 Å². The summed E-state index contributed by atoms with van der Waals surface area (Å²) in [6.07, 6.45) is -2.37. The zero-order valence-corrected chi connectivity index (χ0v) is 20.6. The predicted octanol–water partition coefficient (Wildman–Crippen LogP) is 7.42. The van der Waals surface area contributed by atoms with Gasteiger partial charge in [-0.1, -0.05) is 51.1 Å². The highest BCUT2D eigenvalue weighted by Gasteiger charge is 2.36. The lowest BCUT2D eigenvalue weighted by atomic mass is 9.72. The summed E-state index contributed by atoms with van der Waals surface area (Å²) in [4.78, 5) is 27.3. The second-order valence-corrected chi connectivity index (χ2v) is 10.9. The van der Waals surface area contributed by atoms with Crippen LogP contribution in [-0.2, 0) is 19.0 Å². The lowest BCUT2D eigenvalue weighted by Gasteiger charge is -2.33. The van der Waals surface area contributed by atoms with Crippen molar-refractivity contribution in [2.75, 3.05) is 10.6 Å². The number of thiophene rings is 1. The molecule has 35 heavy (non-hydrogen) atoms. The molecule has 1 aliphatic carbocycles. The van der Waals surface area contributed by atoms with Gasteiger partial charge >= 0.3 is 6.18 Å². The standard InChI is InChI=1S/C27H27F3N2O2S/c1-26(2,3)17-13-14-18-21(15-17)35-25(32-23(33)16-9-5-4-6-10-16)22(18)24(34)31-20-12-8-7-11-19(20)27(28,29)30/h4-12,17H,13-15H2,1-3H3,(H,31,34)(H,32,33). The normalized spacial score (nSPS) is 15.9. The maximum absolute atomic E-state index is 13.5. The average Bonchev–Trinajstić information content (AvgIpc) is 3.15. The van der Waals surface area contributed by atoms with Crippen molar-refractivity contribution in [3.63, 3.8) is 0 Å². The van der Waals surface area contributed by atoms with E-state index in [0.29, 0.717) is 22.9 Å². The van der Waals surface area contributed by atoms with Crippen LogP contribution in [-0.4, -0.2) is 11.8 Å². The molecule has 1 heterocycles. The number of para-hydroxylation sites is 1. The summed E-state index contributed by atoms with van der Waals surface area (Å²) in [5.74, 6) is -0.633. The van der Waals surface area contributed by atoms with E-state index < -0.39 is 17.6 Å². The van der Waals surface area contributed by atoms with Crippen LogP contribution in [0.3, 0.4) is 0 Å². The van der Waals surface area contributed by atoms with Crippen molar-refractivity contribution in [2.24, 2.45) is 11.3 Å². The smallest absolute Gasteiger partial charge is 0.321 e. The van der Waals surface area contributed by atoms with Crippen LogP contribution in [0.4, 0.5) is 23.9 Å². The molecular formula is C27H27F3N2O2S. The summed E-state index contributed by atoms with van der Waals surface area (Å²) >= 11 is 1.34. The highest BCUT2D eigenvalue weighted by Crippen LogP contribution is 2.45. The highest BCUT2D eigenvalue weighted by atomic mass is 32.1. The van der Waals surface area contributed by atoms with Crippen LogP contribution in [0.15, 0.2) is 54.6 Å². The monoisotopic (exact) mass is 500 g/mol. The van der Waals surface area contributed by atoms with Crippen LogP contribution in [0.2, 0.25) is 0 Å². The van der Waals surface area contributed by atoms with Crippen molar-refractivity contribution in [3.8, 4) is 0 Å². The summed E-state index contributed by atoms with van der Waals surface area (Å²) in [6.45, 7) is 6.53. The van der Waals surface area contributed by atoms with Crippen molar-refractivity contribution < 1.29 is 22.8 Å². The number of nitrogens with one attached hydrogen (secondary N) is 2. The number of anilines is 2. The van der Waals surface area contributed by atoms with Gasteiger partial charge in [0.05, 0.1) is 16.8 Å². The second-order valence-electron chi connectivity index (χ2n) is 9.83. The predicted molar refractivity (Wildman–Crippen MR) is 133 cm³/mol. The largest absolute Gasteiger partial charge is 0.418 e. The average molecular weight is 501 g/mol. The summed E-state index contributed by atoms with van der Waals surface area (Å²) in [6, 6.07) is 13.5. The molecule has 4 nitrogen and oxygen atoms in total. The van der Waals surface area contributed by atoms with Gasteiger partial charge in [-0.2, -0.15) is 13.2 Å². The van der Waals surface area contributed by atoms with Crippen LogP contribution >= 0.6 is 11.3 Å². The van der Waals surface area contributed by atoms with E-state index in [4.69, 9.17) is 0 Å². The molecule has 1 aromatic heterocycles. The van der Waals surface area contributed by atoms with Gasteiger partial charge in [0.2, 0.25) is 0 Å². The molecule has 2 amide bonds. The van der Waals surface area contributed by atoms with Gasteiger partial charge in [0.25, 0.3) is 11.8 Å². The third kappa shape index (κ3) is 5.42. The molecule has 4 rings (SSSR count). The SMILES string of the molecule is CC(C)(C)C1CCc2c(sc(NC(=O)c3ccccc3)c2C(=O)Nc2ccccc2C(F)(F)F)C1. The van der Waals surface area contributed by atoms with Gasteiger partial charge < -0.3 is 10.6 Å². The number of halogens is 3. The molecule has 0 radical (unpaired) electrons. The van der Waals surface area contributed by atoms with Crippen LogP contribution in [0.25, 0.3) is 0 Å². The molecule has 0 aliphatic heterocycles. The number of hydrogen-bond donors (Lipinski definition) is 2. The summed E-state index contributed by atoms with van der Waals surface area (Å²) < 4.78 is 40.5. The third-order valence-electron chi connectivity index (χ3n) is 6.46. The molecule has 0 bridgehead atoms. The van der Waals surface area contributed by atoms with Gasteiger partial charge in [0, 0.05) is 10.4 Å². The Morgan fingerprint density at radius 2 is 1.57 bits per heavy atom. The van der Waals surface area contributed by atoms with E-state index in [0.717, 1.165) is 29.3 Å². The number of fused-ring (bicyclic) bond motifs is 1. The fourth-order valence-corrected chi connectivity index (χ4v) is 5.76. The van der Waals surface area contributed by atoms with Crippen LogP contribution in [0, 0.1) is 11.3 Å². The van der Waals surface area contributed by atoms with Gasteiger partial charge in [-0.05, 0) is 60.4 Å². The molecule has 1 atom stereocenters. The molecule has 2 N–H and O–H groups in total. The first-order valence-electron chi connectivity index (χ1n) is 11.4. The first-order chi connectivity index (χ1) is 16.4. The highest BCUT2D eigenvalue weighted by molar-refractivity contribution is 7.17. The maximum Gasteiger partial charge on any atom is 0.418 e. The minimum atomic E-state index is -4.61. The Morgan fingerprint density at radius 1 is 0.914 bits per heavy atom. The van der Waals surface area contributed by atoms with Crippen molar-refractivity contribution in [2.45, 2.75) is 46.2 Å². The number of amides is 2. The Hall–Kier alpha value is -3.13. The fraction of sp³-hybridized carbons (Fsp3) is 0.333. The Kier molecular flexibility index (Phi) is 6.77. The van der Waals surface area contributed by atoms with Crippen molar-refractivity contribution in [3.05, 3.63) is 81.7 Å². The molecule has 1 aliphatic rings. The minimum absolute atomic E-state index is 0.0726. The fourth-order valence-electron chi connectivity index (χ4n) is 4.44. The van der Waals surface area contributed by atoms with E-state index in [1.807, 2.05) is 0 Å². The van der Waals surface area contributed by atoms with Gasteiger partial charge in [0.15, 0.2) is 0 Å². The number of alkyl halides is 3. The molecule has 184 valence electrons. The lowest BCUT2D eigenvalue weighted by molar-refractivity contribution is -0.136. The zero-order chi connectivity index (χ0) is 25.4. The topological polar surface area (TPSA) is 58.2 Å². The Labute approximate surface area is 206 Å². The van der Waals surface area contributed by atoms with Gasteiger partial charge in [0.1, 0.15) is 5.00 Å². The minimum Gasteiger partial charge on any atom is -0.321 e. The van der Waals surface area contributed by atoms with Gasteiger partial charge in [-0.25, -0.2) is 0 Å². The molecule has 0 saturated carbocycles. The number of benzene rings is 2. The van der Waals surface area contributed by atoms with E-state index in [-0.39, 0.29) is 22.6 Å². The number of rotatable bonds is 4. The molecule has 1 unspecified atom stereocenters. The Morgan fingerprint density at radius 3 is 2.23 bits per heavy atom. The van der Waals surface area contributed by atoms with Crippen molar-refractivity contribution in [1.29, 1.82) is 0 Å². The summed E-state index contributed by atoms with van der Waals surface area (Å²) in [7, 11) is 0. The summed E-state index contributed by atoms with van der Waals surface area (Å²) in [5.41, 5.74) is 0.330. The molecule has 2 aromatic carbocycles. The van der Waals surface area contributed by atoms with Crippen molar-refractivity contribution >= 4 is 33.8 Å². The molecule has 3 aromatic rings. The molecule has 8 heteroatoms. The quantitative estimate of drug-likeness (QED) is 0.392. The third-order valence-corrected chi connectivity index (χ3v) is 7.63. The van der Waals surface area contributed by atoms with E-state index in [2.05, 4.69) is 31.4 Å². The van der Waals surface area contributed by atoms with Crippen LogP contribution in [0.5, 0.6) is 0 Å². The maximum atomic E-state index is 13.5. The van der Waals surface area contributed by atoms with E-state index in [1.54, 1.807) is 30.3 Å². The zero-order valence-electron chi connectivity index (χ0n) is 19.8. The molecule has 0 fully saturated rings. The number of carbonyl (C=O) groups excluding carboxylic acids is 2.